The van der Waals surface area contributed by atoms with Crippen LogP contribution in [0.4, 0.5) is 4.79 Å². The van der Waals surface area contributed by atoms with Crippen molar-refractivity contribution in [2.75, 3.05) is 19.6 Å². The molecule has 1 aromatic rings. The minimum absolute atomic E-state index is 0.0419. The van der Waals surface area contributed by atoms with Gasteiger partial charge in [-0.1, -0.05) is 37.3 Å². The number of carboxylic acids is 1. The molecular weight excluding hydrogens is 342 g/mol. The summed E-state index contributed by atoms with van der Waals surface area (Å²) in [5, 5.41) is 12.2. The van der Waals surface area contributed by atoms with E-state index in [2.05, 4.69) is 17.1 Å². The number of aliphatic carboxylic acids is 1. The summed E-state index contributed by atoms with van der Waals surface area (Å²) in [6.45, 7) is 5.01. The van der Waals surface area contributed by atoms with Crippen molar-refractivity contribution in [3.63, 3.8) is 0 Å². The molecule has 148 valence electrons. The van der Waals surface area contributed by atoms with Gasteiger partial charge in [0, 0.05) is 37.6 Å². The average Bonchev–Trinajstić information content (AvgIpc) is 3.13. The lowest BCUT2D eigenvalue weighted by Crippen LogP contribution is -2.60. The van der Waals surface area contributed by atoms with Gasteiger partial charge in [-0.05, 0) is 44.2 Å². The Morgan fingerprint density at radius 1 is 1.26 bits per heavy atom. The van der Waals surface area contributed by atoms with Crippen LogP contribution in [-0.4, -0.2) is 64.7 Å². The molecule has 2 amide bonds. The van der Waals surface area contributed by atoms with Crippen LogP contribution in [0.15, 0.2) is 30.3 Å². The molecule has 0 saturated carbocycles. The minimum atomic E-state index is -0.826. The quantitative estimate of drug-likeness (QED) is 0.771. The Morgan fingerprint density at radius 2 is 2.04 bits per heavy atom. The van der Waals surface area contributed by atoms with Gasteiger partial charge in [-0.15, -0.1) is 0 Å². The smallest absolute Gasteiger partial charge is 0.317 e. The van der Waals surface area contributed by atoms with Crippen molar-refractivity contribution >= 4 is 12.0 Å². The van der Waals surface area contributed by atoms with E-state index in [9.17, 15) is 9.59 Å². The molecular formula is C21H31N3O3. The van der Waals surface area contributed by atoms with Crippen molar-refractivity contribution in [2.24, 2.45) is 0 Å². The van der Waals surface area contributed by atoms with E-state index in [1.54, 1.807) is 0 Å². The number of carboxylic acid groups (broad SMARTS) is 1. The van der Waals surface area contributed by atoms with Crippen molar-refractivity contribution in [1.82, 2.24) is 15.1 Å². The van der Waals surface area contributed by atoms with Crippen LogP contribution in [0.25, 0.3) is 0 Å². The highest BCUT2D eigenvalue weighted by Crippen LogP contribution is 2.26. The Labute approximate surface area is 161 Å². The van der Waals surface area contributed by atoms with Crippen LogP contribution in [0.3, 0.4) is 0 Å². The summed E-state index contributed by atoms with van der Waals surface area (Å²) in [5.41, 5.74) is 1.11. The van der Waals surface area contributed by atoms with E-state index >= 15 is 0 Å². The van der Waals surface area contributed by atoms with E-state index in [1.807, 2.05) is 35.2 Å². The zero-order valence-corrected chi connectivity index (χ0v) is 16.1. The van der Waals surface area contributed by atoms with Gasteiger partial charge in [0.1, 0.15) is 0 Å². The molecule has 3 unspecified atom stereocenters. The number of hydrogen-bond acceptors (Lipinski definition) is 3. The molecule has 1 aromatic carbocycles. The second-order valence-electron chi connectivity index (χ2n) is 7.77. The molecule has 2 aliphatic heterocycles. The molecule has 6 heteroatoms. The maximum atomic E-state index is 13.1. The van der Waals surface area contributed by atoms with E-state index in [0.29, 0.717) is 18.9 Å². The van der Waals surface area contributed by atoms with Gasteiger partial charge in [0.25, 0.3) is 0 Å². The lowest BCUT2D eigenvalue weighted by molar-refractivity contribution is -0.137. The number of rotatable bonds is 7. The van der Waals surface area contributed by atoms with Gasteiger partial charge in [-0.25, -0.2) is 4.79 Å². The average molecular weight is 373 g/mol. The van der Waals surface area contributed by atoms with E-state index in [4.69, 9.17) is 5.11 Å². The van der Waals surface area contributed by atoms with Crippen LogP contribution in [0.2, 0.25) is 0 Å². The topological polar surface area (TPSA) is 72.9 Å². The van der Waals surface area contributed by atoms with Gasteiger partial charge in [0.15, 0.2) is 0 Å². The van der Waals surface area contributed by atoms with Crippen LogP contribution in [0.1, 0.15) is 44.6 Å². The van der Waals surface area contributed by atoms with Crippen LogP contribution in [-0.2, 0) is 11.2 Å². The van der Waals surface area contributed by atoms with Gasteiger partial charge in [-0.3, -0.25) is 9.69 Å². The highest BCUT2D eigenvalue weighted by atomic mass is 16.4. The number of benzene rings is 1. The molecule has 0 spiro atoms. The Hall–Kier alpha value is -2.08. The maximum absolute atomic E-state index is 13.1. The lowest BCUT2D eigenvalue weighted by atomic mass is 10.0. The molecule has 3 atom stereocenters. The molecule has 2 fully saturated rings. The van der Waals surface area contributed by atoms with Crippen molar-refractivity contribution in [3.05, 3.63) is 35.9 Å². The zero-order chi connectivity index (χ0) is 19.2. The first-order valence-electron chi connectivity index (χ1n) is 10.1. The molecule has 6 nitrogen and oxygen atoms in total. The van der Waals surface area contributed by atoms with Gasteiger partial charge in [0.05, 0.1) is 0 Å². The fraction of sp³-hybridized carbons (Fsp3) is 0.619. The number of fused-ring (bicyclic) bond motifs is 1. The number of hydrogen-bond donors (Lipinski definition) is 2. The summed E-state index contributed by atoms with van der Waals surface area (Å²) in [6.07, 6.45) is 4.47. The Morgan fingerprint density at radius 3 is 2.74 bits per heavy atom. The number of amides is 2. The molecule has 0 aliphatic carbocycles. The molecule has 0 aromatic heterocycles. The first kappa shape index (κ1) is 19.7. The normalized spacial score (nSPS) is 23.7. The number of urea groups is 1. The van der Waals surface area contributed by atoms with E-state index in [1.165, 1.54) is 6.42 Å². The first-order chi connectivity index (χ1) is 13.1. The number of nitrogens with zero attached hydrogens (tertiary/aromatic N) is 2. The fourth-order valence-corrected chi connectivity index (χ4v) is 4.36. The van der Waals surface area contributed by atoms with Crippen LogP contribution < -0.4 is 5.32 Å². The molecule has 27 heavy (non-hydrogen) atoms. The standard InChI is InChI=1S/C21H31N3O3/c1-2-18-14-23-12-6-9-19(23)15-24(18)21(27)22-17(10-11-20(25)26)13-16-7-4-3-5-8-16/h3-5,7-8,17-19H,2,6,9-15H2,1H3,(H,22,27)(H,25,26). The minimum Gasteiger partial charge on any atom is -0.481 e. The first-order valence-corrected chi connectivity index (χ1v) is 10.1. The second-order valence-corrected chi connectivity index (χ2v) is 7.77. The van der Waals surface area contributed by atoms with Crippen molar-refractivity contribution in [3.8, 4) is 0 Å². The van der Waals surface area contributed by atoms with E-state index < -0.39 is 5.97 Å². The third kappa shape index (κ3) is 5.22. The van der Waals surface area contributed by atoms with Gasteiger partial charge in [-0.2, -0.15) is 0 Å². The molecule has 3 rings (SSSR count). The molecule has 2 aliphatic rings. The summed E-state index contributed by atoms with van der Waals surface area (Å²) in [7, 11) is 0. The Kier molecular flexibility index (Phi) is 6.72. The van der Waals surface area contributed by atoms with Gasteiger partial charge >= 0.3 is 12.0 Å². The Bertz CT molecular complexity index is 637. The number of carbonyl (C=O) groups is 2. The number of carbonyl (C=O) groups excluding carboxylic acids is 1. The van der Waals surface area contributed by atoms with Crippen molar-refractivity contribution in [1.29, 1.82) is 0 Å². The van der Waals surface area contributed by atoms with Crippen LogP contribution >= 0.6 is 0 Å². The Balaban J connectivity index is 1.65. The monoisotopic (exact) mass is 373 g/mol. The number of piperazine rings is 1. The highest BCUT2D eigenvalue weighted by molar-refractivity contribution is 5.75. The SMILES string of the molecule is CCC1CN2CCCC2CN1C(=O)NC(CCC(=O)O)Cc1ccccc1. The summed E-state index contributed by atoms with van der Waals surface area (Å²) in [5.74, 6) is -0.826. The van der Waals surface area contributed by atoms with Gasteiger partial charge in [0.2, 0.25) is 0 Å². The largest absolute Gasteiger partial charge is 0.481 e. The summed E-state index contributed by atoms with van der Waals surface area (Å²) >= 11 is 0. The van der Waals surface area contributed by atoms with E-state index in [-0.39, 0.29) is 24.5 Å². The number of nitrogens with one attached hydrogen (secondary N) is 1. The van der Waals surface area contributed by atoms with Crippen LogP contribution in [0, 0.1) is 0 Å². The summed E-state index contributed by atoms with van der Waals surface area (Å²) < 4.78 is 0. The van der Waals surface area contributed by atoms with Crippen molar-refractivity contribution in [2.45, 2.75) is 63.6 Å². The fourth-order valence-electron chi connectivity index (χ4n) is 4.36. The zero-order valence-electron chi connectivity index (χ0n) is 16.1. The van der Waals surface area contributed by atoms with Crippen LogP contribution in [0.5, 0.6) is 0 Å². The second kappa shape index (κ2) is 9.22. The highest BCUT2D eigenvalue weighted by Gasteiger charge is 2.38. The molecule has 0 radical (unpaired) electrons. The predicted molar refractivity (Wildman–Crippen MR) is 105 cm³/mol. The predicted octanol–water partition coefficient (Wildman–Crippen LogP) is 2.73. The third-order valence-corrected chi connectivity index (χ3v) is 5.88. The molecule has 2 N–H and O–H groups in total. The van der Waals surface area contributed by atoms with E-state index in [0.717, 1.165) is 38.0 Å². The lowest BCUT2D eigenvalue weighted by Gasteiger charge is -2.43. The maximum Gasteiger partial charge on any atom is 0.317 e. The third-order valence-electron chi connectivity index (χ3n) is 5.88. The van der Waals surface area contributed by atoms with Gasteiger partial charge < -0.3 is 15.3 Å². The summed E-state index contributed by atoms with van der Waals surface area (Å²) in [6, 6.07) is 10.4. The molecule has 0 bridgehead atoms. The molecule has 2 heterocycles. The molecule has 2 saturated heterocycles. The van der Waals surface area contributed by atoms with Crippen molar-refractivity contribution < 1.29 is 14.7 Å². The summed E-state index contributed by atoms with van der Waals surface area (Å²) in [4.78, 5) is 28.6.